The Hall–Kier alpha value is -0.260. The van der Waals surface area contributed by atoms with Crippen molar-refractivity contribution in [1.29, 1.82) is 0 Å². The largest absolute Gasteiger partial charge is 0.381 e. The smallest absolute Gasteiger partial charge is 0.243 e. The van der Waals surface area contributed by atoms with E-state index in [2.05, 4.69) is 0 Å². The topological polar surface area (TPSA) is 55.6 Å². The molecule has 1 unspecified atom stereocenters. The number of hydrogen-bond acceptors (Lipinski definition) is 4. The average Bonchev–Trinajstić information content (AvgIpc) is 2.55. The number of rotatable bonds is 0. The average molecular weight is 214 g/mol. The first kappa shape index (κ1) is 9.00. The third-order valence-corrected chi connectivity index (χ3v) is 5.24. The lowest BCUT2D eigenvalue weighted by Gasteiger charge is -2.38. The van der Waals surface area contributed by atoms with Gasteiger partial charge in [-0.2, -0.15) is 0 Å². The molecule has 0 aromatic rings. The number of carbonyl (C=O) groups is 1. The first-order valence-electron chi connectivity index (χ1n) is 5.04. The van der Waals surface area contributed by atoms with E-state index >= 15 is 0 Å². The van der Waals surface area contributed by atoms with E-state index in [1.54, 1.807) is 0 Å². The van der Waals surface area contributed by atoms with E-state index < -0.39 is 0 Å². The highest BCUT2D eigenvalue weighted by Crippen LogP contribution is 2.50. The van der Waals surface area contributed by atoms with Crippen LogP contribution in [0.25, 0.3) is 0 Å². The van der Waals surface area contributed by atoms with Gasteiger partial charge in [0, 0.05) is 24.5 Å². The molecule has 5 heteroatoms. The second-order valence-electron chi connectivity index (χ2n) is 4.30. The van der Waals surface area contributed by atoms with Crippen LogP contribution in [0.2, 0.25) is 0 Å². The zero-order valence-electron chi connectivity index (χ0n) is 7.94. The number of carbonyl (C=O) groups excluding carboxylic acids is 1. The number of nitrogens with zero attached hydrogens (tertiary/aromatic N) is 1. The third-order valence-electron chi connectivity index (χ3n) is 3.42. The minimum atomic E-state index is -0.248. The molecule has 3 aliphatic rings. The molecule has 3 fully saturated rings. The quantitative estimate of drug-likeness (QED) is 0.566. The van der Waals surface area contributed by atoms with Crippen molar-refractivity contribution in [3.63, 3.8) is 0 Å². The molecule has 2 atom stereocenters. The summed E-state index contributed by atoms with van der Waals surface area (Å²) in [5.41, 5.74) is 5.75. The predicted octanol–water partition coefficient (Wildman–Crippen LogP) is -0.222. The van der Waals surface area contributed by atoms with Crippen molar-refractivity contribution in [2.75, 3.05) is 19.8 Å². The van der Waals surface area contributed by atoms with Gasteiger partial charge in [-0.15, -0.1) is 11.8 Å². The highest BCUT2D eigenvalue weighted by atomic mass is 32.2. The van der Waals surface area contributed by atoms with Crippen LogP contribution < -0.4 is 5.73 Å². The summed E-state index contributed by atoms with van der Waals surface area (Å²) in [5, 5.41) is 0.251. The van der Waals surface area contributed by atoms with Crippen molar-refractivity contribution in [2.24, 2.45) is 5.73 Å². The summed E-state index contributed by atoms with van der Waals surface area (Å²) in [6.45, 7) is 2.55. The van der Waals surface area contributed by atoms with Crippen LogP contribution >= 0.6 is 11.8 Å². The fourth-order valence-corrected chi connectivity index (χ4v) is 4.18. The molecule has 3 heterocycles. The number of hydrogen-bond donors (Lipinski definition) is 1. The van der Waals surface area contributed by atoms with Gasteiger partial charge in [0.05, 0.1) is 0 Å². The lowest BCUT2D eigenvalue weighted by Crippen LogP contribution is -2.64. The molecule has 2 N–H and O–H groups in total. The molecule has 3 saturated heterocycles. The molecular weight excluding hydrogens is 200 g/mol. The maximum absolute atomic E-state index is 11.4. The van der Waals surface area contributed by atoms with Gasteiger partial charge in [0.1, 0.15) is 11.4 Å². The molecule has 14 heavy (non-hydrogen) atoms. The maximum atomic E-state index is 11.4. The molecule has 0 radical (unpaired) electrons. The van der Waals surface area contributed by atoms with Crippen LogP contribution in [-0.2, 0) is 9.53 Å². The molecule has 1 amide bonds. The van der Waals surface area contributed by atoms with Gasteiger partial charge in [-0.25, -0.2) is 0 Å². The van der Waals surface area contributed by atoms with Crippen molar-refractivity contribution in [3.8, 4) is 0 Å². The summed E-state index contributed by atoms with van der Waals surface area (Å²) in [7, 11) is 0. The van der Waals surface area contributed by atoms with Gasteiger partial charge in [-0.3, -0.25) is 4.79 Å². The zero-order chi connectivity index (χ0) is 9.76. The van der Waals surface area contributed by atoms with Gasteiger partial charge in [0.25, 0.3) is 0 Å². The van der Waals surface area contributed by atoms with E-state index in [4.69, 9.17) is 10.5 Å². The van der Waals surface area contributed by atoms with Gasteiger partial charge >= 0.3 is 0 Å². The SMILES string of the molecule is NC1C(=O)N2CC3(CCOCC3)S[C@H]12. The molecule has 78 valence electrons. The Kier molecular flexibility index (Phi) is 1.84. The Bertz CT molecular complexity index is 278. The summed E-state index contributed by atoms with van der Waals surface area (Å²) in [4.78, 5) is 13.4. The molecule has 3 aliphatic heterocycles. The molecule has 0 aliphatic carbocycles. The van der Waals surface area contributed by atoms with Crippen molar-refractivity contribution in [1.82, 2.24) is 4.90 Å². The fourth-order valence-electron chi connectivity index (χ4n) is 2.48. The monoisotopic (exact) mass is 214 g/mol. The Morgan fingerprint density at radius 2 is 2.21 bits per heavy atom. The highest BCUT2D eigenvalue weighted by molar-refractivity contribution is 8.01. The van der Waals surface area contributed by atoms with E-state index in [0.29, 0.717) is 0 Å². The van der Waals surface area contributed by atoms with Crippen LogP contribution in [0.3, 0.4) is 0 Å². The Labute approximate surface area is 87.1 Å². The number of amides is 1. The molecule has 1 spiro atoms. The minimum Gasteiger partial charge on any atom is -0.381 e. The third kappa shape index (κ3) is 1.06. The first-order chi connectivity index (χ1) is 6.72. The zero-order valence-corrected chi connectivity index (χ0v) is 8.76. The Balaban J connectivity index is 1.77. The molecule has 0 saturated carbocycles. The molecule has 4 nitrogen and oxygen atoms in total. The summed E-state index contributed by atoms with van der Waals surface area (Å²) in [6, 6.07) is -0.248. The van der Waals surface area contributed by atoms with Gasteiger partial charge in [-0.05, 0) is 12.8 Å². The second kappa shape index (κ2) is 2.87. The number of nitrogens with two attached hydrogens (primary N) is 1. The summed E-state index contributed by atoms with van der Waals surface area (Å²) in [6.07, 6.45) is 2.12. The van der Waals surface area contributed by atoms with Gasteiger partial charge in [0.2, 0.25) is 5.91 Å². The van der Waals surface area contributed by atoms with Crippen molar-refractivity contribution in [2.45, 2.75) is 29.0 Å². The van der Waals surface area contributed by atoms with E-state index in [1.807, 2.05) is 16.7 Å². The van der Waals surface area contributed by atoms with E-state index in [1.165, 1.54) is 0 Å². The number of fused-ring (bicyclic) bond motifs is 1. The standard InChI is InChI=1S/C9H14N2O2S/c10-6-7(12)11-5-9(14-8(6)11)1-3-13-4-2-9/h6,8H,1-5,10H2/t6?,8-/m1/s1. The Morgan fingerprint density at radius 3 is 2.86 bits per heavy atom. The lowest BCUT2D eigenvalue weighted by atomic mass is 9.96. The van der Waals surface area contributed by atoms with Crippen LogP contribution in [0.5, 0.6) is 0 Å². The maximum Gasteiger partial charge on any atom is 0.243 e. The summed E-state index contributed by atoms with van der Waals surface area (Å²) in [5.74, 6) is 0.130. The summed E-state index contributed by atoms with van der Waals surface area (Å²) < 4.78 is 5.61. The number of β-lactam (4-membered cyclic amide) rings is 1. The molecule has 0 aromatic carbocycles. The van der Waals surface area contributed by atoms with E-state index in [0.717, 1.165) is 32.6 Å². The minimum absolute atomic E-state index is 0.130. The molecule has 0 bridgehead atoms. The van der Waals surface area contributed by atoms with Crippen LogP contribution in [0, 0.1) is 0 Å². The first-order valence-corrected chi connectivity index (χ1v) is 5.91. The van der Waals surface area contributed by atoms with Crippen LogP contribution in [0.1, 0.15) is 12.8 Å². The number of thioether (sulfide) groups is 1. The second-order valence-corrected chi connectivity index (χ2v) is 5.88. The normalized spacial score (nSPS) is 39.8. The summed E-state index contributed by atoms with van der Waals surface area (Å²) >= 11 is 1.90. The van der Waals surface area contributed by atoms with Crippen molar-refractivity contribution in [3.05, 3.63) is 0 Å². The molecule has 3 rings (SSSR count). The Morgan fingerprint density at radius 1 is 1.50 bits per heavy atom. The predicted molar refractivity (Wildman–Crippen MR) is 53.9 cm³/mol. The van der Waals surface area contributed by atoms with Crippen LogP contribution in [-0.4, -0.2) is 46.7 Å². The van der Waals surface area contributed by atoms with Gasteiger partial charge in [-0.1, -0.05) is 0 Å². The lowest BCUT2D eigenvalue weighted by molar-refractivity contribution is -0.143. The molecule has 0 aromatic heterocycles. The van der Waals surface area contributed by atoms with E-state index in [-0.39, 0.29) is 22.1 Å². The van der Waals surface area contributed by atoms with E-state index in [9.17, 15) is 4.79 Å². The van der Waals surface area contributed by atoms with Gasteiger partial charge < -0.3 is 15.4 Å². The van der Waals surface area contributed by atoms with Crippen LogP contribution in [0.4, 0.5) is 0 Å². The fraction of sp³-hybridized carbons (Fsp3) is 0.889. The van der Waals surface area contributed by atoms with Crippen molar-refractivity contribution < 1.29 is 9.53 Å². The van der Waals surface area contributed by atoms with Gasteiger partial charge in [0.15, 0.2) is 0 Å². The highest BCUT2D eigenvalue weighted by Gasteiger charge is 2.57. The number of ether oxygens (including phenoxy) is 1. The van der Waals surface area contributed by atoms with Crippen LogP contribution in [0.15, 0.2) is 0 Å². The van der Waals surface area contributed by atoms with Crippen molar-refractivity contribution >= 4 is 17.7 Å². The molecular formula is C9H14N2O2S.